The second-order valence-corrected chi connectivity index (χ2v) is 5.99. The molecular weight excluding hydrogens is 332 g/mol. The summed E-state index contributed by atoms with van der Waals surface area (Å²) in [5.41, 5.74) is 1.21. The predicted molar refractivity (Wildman–Crippen MR) is 84.6 cm³/mol. The van der Waals surface area contributed by atoms with Crippen molar-refractivity contribution in [1.82, 2.24) is 15.0 Å². The van der Waals surface area contributed by atoms with E-state index in [1.807, 2.05) is 6.20 Å². The van der Waals surface area contributed by atoms with Crippen LogP contribution in [-0.2, 0) is 0 Å². The zero-order chi connectivity index (χ0) is 14.7. The van der Waals surface area contributed by atoms with E-state index in [0.29, 0.717) is 5.88 Å². The molecule has 0 bridgehead atoms. The van der Waals surface area contributed by atoms with Crippen LogP contribution in [0.5, 0.6) is 5.88 Å². The Hall–Kier alpha value is -1.69. The molecule has 0 spiro atoms. The van der Waals surface area contributed by atoms with Gasteiger partial charge in [-0.1, -0.05) is 0 Å². The minimum absolute atomic E-state index is 0.203. The minimum atomic E-state index is 0.203. The molecule has 1 fully saturated rings. The molecule has 6 heteroatoms. The number of hydrogen-bond donors (Lipinski definition) is 0. The standard InChI is InChI=1S/C15H17BrN4O/c1-11-8-14(19-9-13(11)16)20-6-2-12(3-7-20)21-15-10-17-4-5-18-15/h4-5,8-10,12H,2-3,6-7H2,1H3. The first-order chi connectivity index (χ1) is 10.2. The highest BCUT2D eigenvalue weighted by molar-refractivity contribution is 9.10. The number of halogens is 1. The third-order valence-corrected chi connectivity index (χ3v) is 4.46. The van der Waals surface area contributed by atoms with E-state index >= 15 is 0 Å². The number of ether oxygens (including phenoxy) is 1. The fourth-order valence-electron chi connectivity index (χ4n) is 2.42. The maximum atomic E-state index is 5.85. The molecule has 1 aliphatic rings. The molecule has 110 valence electrons. The Bertz CT molecular complexity index is 600. The summed E-state index contributed by atoms with van der Waals surface area (Å²) in [5, 5.41) is 0. The van der Waals surface area contributed by atoms with Gasteiger partial charge in [-0.2, -0.15) is 0 Å². The molecule has 5 nitrogen and oxygen atoms in total. The van der Waals surface area contributed by atoms with Gasteiger partial charge in [0.05, 0.1) is 6.20 Å². The normalized spacial score (nSPS) is 16.0. The molecular formula is C15H17BrN4O. The van der Waals surface area contributed by atoms with Gasteiger partial charge in [0, 0.05) is 49.0 Å². The summed E-state index contributed by atoms with van der Waals surface area (Å²) in [6.07, 6.45) is 8.96. The second kappa shape index (κ2) is 6.39. The highest BCUT2D eigenvalue weighted by atomic mass is 79.9. The van der Waals surface area contributed by atoms with Gasteiger partial charge in [0.25, 0.3) is 0 Å². The van der Waals surface area contributed by atoms with Crippen LogP contribution in [0.1, 0.15) is 18.4 Å². The van der Waals surface area contributed by atoms with Crippen LogP contribution in [0.4, 0.5) is 5.82 Å². The lowest BCUT2D eigenvalue weighted by atomic mass is 10.1. The van der Waals surface area contributed by atoms with Crippen LogP contribution in [-0.4, -0.2) is 34.1 Å². The molecule has 0 aliphatic carbocycles. The Balaban J connectivity index is 1.58. The van der Waals surface area contributed by atoms with Gasteiger partial charge >= 0.3 is 0 Å². The highest BCUT2D eigenvalue weighted by Gasteiger charge is 2.22. The summed E-state index contributed by atoms with van der Waals surface area (Å²) in [6, 6.07) is 2.12. The Labute approximate surface area is 132 Å². The van der Waals surface area contributed by atoms with E-state index in [1.54, 1.807) is 18.6 Å². The Morgan fingerprint density at radius 2 is 2.00 bits per heavy atom. The predicted octanol–water partition coefficient (Wildman–Crippen LogP) is 2.99. The number of pyridine rings is 1. The smallest absolute Gasteiger partial charge is 0.232 e. The summed E-state index contributed by atoms with van der Waals surface area (Å²) in [6.45, 7) is 3.97. The largest absolute Gasteiger partial charge is 0.473 e. The molecule has 1 saturated heterocycles. The van der Waals surface area contributed by atoms with Gasteiger partial charge in [-0.3, -0.25) is 4.98 Å². The van der Waals surface area contributed by atoms with E-state index in [1.165, 1.54) is 5.56 Å². The van der Waals surface area contributed by atoms with Crippen molar-refractivity contribution in [2.75, 3.05) is 18.0 Å². The fourth-order valence-corrected chi connectivity index (χ4v) is 2.63. The van der Waals surface area contributed by atoms with Crippen LogP contribution in [0.3, 0.4) is 0 Å². The number of rotatable bonds is 3. The van der Waals surface area contributed by atoms with Gasteiger partial charge in [-0.25, -0.2) is 9.97 Å². The lowest BCUT2D eigenvalue weighted by Crippen LogP contribution is -2.38. The average Bonchev–Trinajstić information content (AvgIpc) is 2.52. The topological polar surface area (TPSA) is 51.1 Å². The van der Waals surface area contributed by atoms with Crippen molar-refractivity contribution in [3.63, 3.8) is 0 Å². The van der Waals surface area contributed by atoms with Gasteiger partial charge in [-0.15, -0.1) is 0 Å². The van der Waals surface area contributed by atoms with Gasteiger partial charge < -0.3 is 9.64 Å². The van der Waals surface area contributed by atoms with Crippen LogP contribution >= 0.6 is 15.9 Å². The first-order valence-corrected chi connectivity index (χ1v) is 7.81. The lowest BCUT2D eigenvalue weighted by Gasteiger charge is -2.32. The summed E-state index contributed by atoms with van der Waals surface area (Å²) in [7, 11) is 0. The molecule has 3 rings (SSSR count). The minimum Gasteiger partial charge on any atom is -0.473 e. The van der Waals surface area contributed by atoms with Crippen molar-refractivity contribution in [3.05, 3.63) is 40.9 Å². The van der Waals surface area contributed by atoms with Crippen LogP contribution in [0.15, 0.2) is 35.3 Å². The third-order valence-electron chi connectivity index (χ3n) is 3.63. The molecule has 0 amide bonds. The summed E-state index contributed by atoms with van der Waals surface area (Å²) in [4.78, 5) is 15.0. The molecule has 2 aromatic rings. The number of nitrogens with zero attached hydrogens (tertiary/aromatic N) is 4. The molecule has 0 N–H and O–H groups in total. The number of hydrogen-bond acceptors (Lipinski definition) is 5. The maximum Gasteiger partial charge on any atom is 0.232 e. The molecule has 0 atom stereocenters. The molecule has 21 heavy (non-hydrogen) atoms. The number of aromatic nitrogens is 3. The third kappa shape index (κ3) is 3.50. The van der Waals surface area contributed by atoms with Crippen LogP contribution in [0, 0.1) is 6.92 Å². The Morgan fingerprint density at radius 1 is 1.19 bits per heavy atom. The van der Waals surface area contributed by atoms with E-state index in [9.17, 15) is 0 Å². The molecule has 0 aromatic carbocycles. The first-order valence-electron chi connectivity index (χ1n) is 7.02. The molecule has 2 aromatic heterocycles. The summed E-state index contributed by atoms with van der Waals surface area (Å²) >= 11 is 3.49. The van der Waals surface area contributed by atoms with Gasteiger partial charge in [0.2, 0.25) is 5.88 Å². The van der Waals surface area contributed by atoms with E-state index in [2.05, 4.69) is 48.8 Å². The van der Waals surface area contributed by atoms with Crippen LogP contribution < -0.4 is 9.64 Å². The van der Waals surface area contributed by atoms with Crippen molar-refractivity contribution in [1.29, 1.82) is 0 Å². The zero-order valence-corrected chi connectivity index (χ0v) is 13.5. The quantitative estimate of drug-likeness (QED) is 0.853. The van der Waals surface area contributed by atoms with Crippen LogP contribution in [0.2, 0.25) is 0 Å². The average molecular weight is 349 g/mol. The van der Waals surface area contributed by atoms with Crippen molar-refractivity contribution >= 4 is 21.7 Å². The lowest BCUT2D eigenvalue weighted by molar-refractivity contribution is 0.163. The molecule has 0 saturated carbocycles. The SMILES string of the molecule is Cc1cc(N2CCC(Oc3cnccn3)CC2)ncc1Br. The second-order valence-electron chi connectivity index (χ2n) is 5.14. The number of aryl methyl sites for hydroxylation is 1. The fraction of sp³-hybridized carbons (Fsp3) is 0.400. The summed E-state index contributed by atoms with van der Waals surface area (Å²) < 4.78 is 6.90. The van der Waals surface area contributed by atoms with E-state index in [-0.39, 0.29) is 6.10 Å². The zero-order valence-electron chi connectivity index (χ0n) is 11.9. The summed E-state index contributed by atoms with van der Waals surface area (Å²) in [5.74, 6) is 1.64. The molecule has 3 heterocycles. The van der Waals surface area contributed by atoms with E-state index in [4.69, 9.17) is 4.74 Å². The Morgan fingerprint density at radius 3 is 2.67 bits per heavy atom. The van der Waals surface area contributed by atoms with Gasteiger partial charge in [-0.05, 0) is 34.5 Å². The maximum absolute atomic E-state index is 5.85. The van der Waals surface area contributed by atoms with E-state index in [0.717, 1.165) is 36.2 Å². The number of piperidine rings is 1. The molecule has 0 unspecified atom stereocenters. The monoisotopic (exact) mass is 348 g/mol. The first kappa shape index (κ1) is 14.3. The van der Waals surface area contributed by atoms with Crippen molar-refractivity contribution in [3.8, 4) is 5.88 Å². The highest BCUT2D eigenvalue weighted by Crippen LogP contribution is 2.24. The van der Waals surface area contributed by atoms with E-state index < -0.39 is 0 Å². The van der Waals surface area contributed by atoms with Gasteiger partial charge in [0.1, 0.15) is 11.9 Å². The van der Waals surface area contributed by atoms with Crippen molar-refractivity contribution in [2.45, 2.75) is 25.9 Å². The number of anilines is 1. The van der Waals surface area contributed by atoms with Gasteiger partial charge in [0.15, 0.2) is 0 Å². The molecule has 1 aliphatic heterocycles. The van der Waals surface area contributed by atoms with Crippen molar-refractivity contribution in [2.24, 2.45) is 0 Å². The Kier molecular flexibility index (Phi) is 4.34. The molecule has 0 radical (unpaired) electrons. The van der Waals surface area contributed by atoms with Crippen molar-refractivity contribution < 1.29 is 4.74 Å². The van der Waals surface area contributed by atoms with Crippen LogP contribution in [0.25, 0.3) is 0 Å².